The van der Waals surface area contributed by atoms with Crippen molar-refractivity contribution in [3.63, 3.8) is 0 Å². The van der Waals surface area contributed by atoms with Gasteiger partial charge in [0.15, 0.2) is 0 Å². The lowest BCUT2D eigenvalue weighted by atomic mass is 10.1. The van der Waals surface area contributed by atoms with Crippen LogP contribution in [0.4, 0.5) is 13.2 Å². The third-order valence-corrected chi connectivity index (χ3v) is 2.58. The zero-order valence-corrected chi connectivity index (χ0v) is 11.0. The molecule has 0 radical (unpaired) electrons. The summed E-state index contributed by atoms with van der Waals surface area (Å²) >= 11 is 0. The number of benzene rings is 1. The van der Waals surface area contributed by atoms with Crippen molar-refractivity contribution in [3.05, 3.63) is 29.8 Å². The number of halogens is 3. The average molecular weight is 277 g/mol. The van der Waals surface area contributed by atoms with Gasteiger partial charge in [0.05, 0.1) is 13.7 Å². The molecule has 0 aromatic heterocycles. The summed E-state index contributed by atoms with van der Waals surface area (Å²) in [4.78, 5) is 0. The van der Waals surface area contributed by atoms with E-state index < -0.39 is 12.8 Å². The Hall–Kier alpha value is -1.27. The number of alkyl halides is 3. The number of ether oxygens (including phenoxy) is 2. The second-order valence-corrected chi connectivity index (χ2v) is 4.12. The standard InChI is InChI=1S/C13H18F3NO2/c1-10(11-3-5-12(18-2)6-4-11)17-7-8-19-9-13(14,15)16/h3-6,10,17H,7-9H2,1-2H3/t10-/m0/s1. The molecule has 0 amide bonds. The molecule has 0 aliphatic rings. The zero-order valence-electron chi connectivity index (χ0n) is 11.0. The first-order valence-corrected chi connectivity index (χ1v) is 5.94. The Bertz CT molecular complexity index is 365. The van der Waals surface area contributed by atoms with E-state index in [0.29, 0.717) is 6.54 Å². The molecular weight excluding hydrogens is 259 g/mol. The highest BCUT2D eigenvalue weighted by atomic mass is 19.4. The normalized spacial score (nSPS) is 13.3. The van der Waals surface area contributed by atoms with Crippen LogP contribution in [0.15, 0.2) is 24.3 Å². The van der Waals surface area contributed by atoms with E-state index in [0.717, 1.165) is 11.3 Å². The molecule has 1 aromatic rings. The zero-order chi connectivity index (χ0) is 14.3. The topological polar surface area (TPSA) is 30.5 Å². The minimum Gasteiger partial charge on any atom is -0.497 e. The molecule has 0 bridgehead atoms. The fraction of sp³-hybridized carbons (Fsp3) is 0.538. The molecule has 1 atom stereocenters. The lowest BCUT2D eigenvalue weighted by Gasteiger charge is -2.15. The third kappa shape index (κ3) is 6.45. The van der Waals surface area contributed by atoms with Crippen LogP contribution >= 0.6 is 0 Å². The lowest BCUT2D eigenvalue weighted by Crippen LogP contribution is -2.25. The molecule has 0 aliphatic carbocycles. The molecule has 108 valence electrons. The molecule has 6 heteroatoms. The van der Waals surface area contributed by atoms with Crippen LogP contribution in [0.25, 0.3) is 0 Å². The molecule has 1 aromatic carbocycles. The summed E-state index contributed by atoms with van der Waals surface area (Å²) in [6.45, 7) is 1.13. The van der Waals surface area contributed by atoms with Gasteiger partial charge in [0.2, 0.25) is 0 Å². The van der Waals surface area contributed by atoms with Crippen molar-refractivity contribution >= 4 is 0 Å². The minimum absolute atomic E-state index is 0.0278. The van der Waals surface area contributed by atoms with Crippen LogP contribution in [0.3, 0.4) is 0 Å². The maximum absolute atomic E-state index is 11.8. The van der Waals surface area contributed by atoms with Gasteiger partial charge in [-0.1, -0.05) is 12.1 Å². The quantitative estimate of drug-likeness (QED) is 0.777. The summed E-state index contributed by atoms with van der Waals surface area (Å²) < 4.78 is 45.0. The Kier molecular flexibility index (Phi) is 6.11. The van der Waals surface area contributed by atoms with Gasteiger partial charge in [0, 0.05) is 12.6 Å². The maximum atomic E-state index is 11.8. The second-order valence-electron chi connectivity index (χ2n) is 4.12. The molecular formula is C13H18F3NO2. The fourth-order valence-corrected chi connectivity index (χ4v) is 1.55. The van der Waals surface area contributed by atoms with Gasteiger partial charge in [0.25, 0.3) is 0 Å². The van der Waals surface area contributed by atoms with Gasteiger partial charge in [0.1, 0.15) is 12.4 Å². The molecule has 1 rings (SSSR count). The number of rotatable bonds is 7. The Labute approximate surface area is 110 Å². The number of hydrogen-bond donors (Lipinski definition) is 1. The van der Waals surface area contributed by atoms with E-state index in [1.165, 1.54) is 0 Å². The van der Waals surface area contributed by atoms with Gasteiger partial charge in [-0.3, -0.25) is 0 Å². The van der Waals surface area contributed by atoms with E-state index in [1.807, 2.05) is 31.2 Å². The van der Waals surface area contributed by atoms with Crippen molar-refractivity contribution in [1.82, 2.24) is 5.32 Å². The van der Waals surface area contributed by atoms with Crippen LogP contribution < -0.4 is 10.1 Å². The van der Waals surface area contributed by atoms with Crippen LogP contribution in [0.2, 0.25) is 0 Å². The number of methoxy groups -OCH3 is 1. The van der Waals surface area contributed by atoms with Crippen LogP contribution in [-0.4, -0.2) is 33.0 Å². The van der Waals surface area contributed by atoms with Crippen molar-refractivity contribution in [3.8, 4) is 5.75 Å². The highest BCUT2D eigenvalue weighted by Crippen LogP contribution is 2.17. The predicted octanol–water partition coefficient (Wildman–Crippen LogP) is 2.92. The van der Waals surface area contributed by atoms with Crippen LogP contribution in [0, 0.1) is 0 Å². The van der Waals surface area contributed by atoms with Crippen LogP contribution in [-0.2, 0) is 4.74 Å². The van der Waals surface area contributed by atoms with Gasteiger partial charge in [-0.15, -0.1) is 0 Å². The minimum atomic E-state index is -4.26. The number of hydrogen-bond acceptors (Lipinski definition) is 3. The molecule has 0 unspecified atom stereocenters. The SMILES string of the molecule is COc1ccc([C@H](C)NCCOCC(F)(F)F)cc1. The molecule has 3 nitrogen and oxygen atoms in total. The average Bonchev–Trinajstić information content (AvgIpc) is 2.37. The second kappa shape index (κ2) is 7.35. The monoisotopic (exact) mass is 277 g/mol. The highest BCUT2D eigenvalue weighted by Gasteiger charge is 2.27. The lowest BCUT2D eigenvalue weighted by molar-refractivity contribution is -0.173. The summed E-state index contributed by atoms with van der Waals surface area (Å²) in [5, 5.41) is 3.09. The van der Waals surface area contributed by atoms with E-state index in [4.69, 9.17) is 4.74 Å². The molecule has 19 heavy (non-hydrogen) atoms. The van der Waals surface area contributed by atoms with E-state index in [9.17, 15) is 13.2 Å². The first-order valence-electron chi connectivity index (χ1n) is 5.94. The van der Waals surface area contributed by atoms with Gasteiger partial charge < -0.3 is 14.8 Å². The molecule has 0 saturated heterocycles. The summed E-state index contributed by atoms with van der Waals surface area (Å²) in [6.07, 6.45) is -4.26. The Morgan fingerprint density at radius 1 is 1.21 bits per heavy atom. The Balaban J connectivity index is 2.25. The number of nitrogens with one attached hydrogen (secondary N) is 1. The van der Waals surface area contributed by atoms with Crippen LogP contribution in [0.1, 0.15) is 18.5 Å². The van der Waals surface area contributed by atoms with Crippen molar-refractivity contribution in [1.29, 1.82) is 0 Å². The molecule has 1 N–H and O–H groups in total. The summed E-state index contributed by atoms with van der Waals surface area (Å²) in [6, 6.07) is 7.54. The maximum Gasteiger partial charge on any atom is 0.411 e. The largest absolute Gasteiger partial charge is 0.497 e. The fourth-order valence-electron chi connectivity index (χ4n) is 1.55. The van der Waals surface area contributed by atoms with Gasteiger partial charge in [-0.25, -0.2) is 0 Å². The van der Waals surface area contributed by atoms with Crippen molar-refractivity contribution in [2.24, 2.45) is 0 Å². The van der Waals surface area contributed by atoms with Gasteiger partial charge in [-0.2, -0.15) is 13.2 Å². The summed E-state index contributed by atoms with van der Waals surface area (Å²) in [5.41, 5.74) is 1.04. The molecule has 0 spiro atoms. The van der Waals surface area contributed by atoms with Crippen molar-refractivity contribution in [2.45, 2.75) is 19.1 Å². The van der Waals surface area contributed by atoms with E-state index >= 15 is 0 Å². The Morgan fingerprint density at radius 2 is 1.84 bits per heavy atom. The highest BCUT2D eigenvalue weighted by molar-refractivity contribution is 5.28. The van der Waals surface area contributed by atoms with Crippen molar-refractivity contribution in [2.75, 3.05) is 26.9 Å². The predicted molar refractivity (Wildman–Crippen MR) is 66.3 cm³/mol. The first kappa shape index (κ1) is 15.8. The van der Waals surface area contributed by atoms with Crippen molar-refractivity contribution < 1.29 is 22.6 Å². The molecule has 0 saturated carbocycles. The smallest absolute Gasteiger partial charge is 0.411 e. The molecule has 0 fully saturated rings. The van der Waals surface area contributed by atoms with Gasteiger partial charge >= 0.3 is 6.18 Å². The third-order valence-electron chi connectivity index (χ3n) is 2.58. The Morgan fingerprint density at radius 3 is 2.37 bits per heavy atom. The van der Waals surface area contributed by atoms with E-state index in [2.05, 4.69) is 10.1 Å². The summed E-state index contributed by atoms with van der Waals surface area (Å²) in [5.74, 6) is 0.768. The molecule has 0 aliphatic heterocycles. The van der Waals surface area contributed by atoms with E-state index in [1.54, 1.807) is 7.11 Å². The first-order chi connectivity index (χ1) is 8.92. The summed E-state index contributed by atoms with van der Waals surface area (Å²) in [7, 11) is 1.59. The van der Waals surface area contributed by atoms with E-state index in [-0.39, 0.29) is 12.6 Å². The van der Waals surface area contributed by atoms with Crippen LogP contribution in [0.5, 0.6) is 5.75 Å². The van der Waals surface area contributed by atoms with Gasteiger partial charge in [-0.05, 0) is 24.6 Å². The molecule has 0 heterocycles.